The summed E-state index contributed by atoms with van der Waals surface area (Å²) < 4.78 is 57.8. The normalized spacial score (nSPS) is 12.3. The van der Waals surface area contributed by atoms with Gasteiger partial charge in [-0.05, 0) is 92.9 Å². The first-order valence-electron chi connectivity index (χ1n) is 23.1. The van der Waals surface area contributed by atoms with Crippen molar-refractivity contribution in [3.63, 3.8) is 0 Å². The van der Waals surface area contributed by atoms with Crippen LogP contribution >= 0.6 is 11.6 Å². The van der Waals surface area contributed by atoms with Gasteiger partial charge in [-0.25, -0.2) is 31.5 Å². The van der Waals surface area contributed by atoms with Gasteiger partial charge in [0.2, 0.25) is 20.0 Å². The Balaban J connectivity index is 1.57. The van der Waals surface area contributed by atoms with Crippen molar-refractivity contribution < 1.29 is 21.6 Å². The molecule has 0 atom stereocenters. The summed E-state index contributed by atoms with van der Waals surface area (Å²) in [7, 11) is -7.38. The number of anilines is 2. The summed E-state index contributed by atoms with van der Waals surface area (Å²) in [6, 6.07) is 19.8. The van der Waals surface area contributed by atoms with Crippen molar-refractivity contribution >= 4 is 71.2 Å². The van der Waals surface area contributed by atoms with Crippen LogP contribution in [-0.4, -0.2) is 86.3 Å². The van der Waals surface area contributed by atoms with Crippen molar-refractivity contribution in [3.05, 3.63) is 112 Å². The van der Waals surface area contributed by atoms with Gasteiger partial charge in [0.15, 0.2) is 11.5 Å². The van der Waals surface area contributed by atoms with Gasteiger partial charge < -0.3 is 10.2 Å². The SMILES string of the molecule is CCCCCCCCN(CCCCCCCC)S(=O)(=O)c1ccc(Cl)c(NC(=O)C(=Nc2ccc(N(CC)CCNS(C)(=O)=O)cc2C)c2nc3ccccc3c(=O)n2-c2ccncc2)c1. The van der Waals surface area contributed by atoms with E-state index in [0.29, 0.717) is 54.0 Å². The minimum absolute atomic E-state index is 0.00572. The number of amides is 1. The molecule has 0 aliphatic carbocycles. The average molecular weight is 962 g/mol. The molecule has 17 heteroatoms. The summed E-state index contributed by atoms with van der Waals surface area (Å²) in [6.07, 6.45) is 16.4. The lowest BCUT2D eigenvalue weighted by atomic mass is 10.1. The first-order valence-corrected chi connectivity index (χ1v) is 26.8. The summed E-state index contributed by atoms with van der Waals surface area (Å²) >= 11 is 6.76. The average Bonchev–Trinajstić information content (AvgIpc) is 3.29. The molecule has 5 rings (SSSR count). The second-order valence-electron chi connectivity index (χ2n) is 16.5. The molecule has 0 fully saturated rings. The van der Waals surface area contributed by atoms with Gasteiger partial charge in [-0.3, -0.25) is 19.1 Å². The van der Waals surface area contributed by atoms with Gasteiger partial charge in [0.05, 0.1) is 44.1 Å². The number of para-hydroxylation sites is 1. The highest BCUT2D eigenvalue weighted by Crippen LogP contribution is 2.30. The zero-order chi connectivity index (χ0) is 47.7. The van der Waals surface area contributed by atoms with E-state index in [1.54, 1.807) is 46.8 Å². The maximum absolute atomic E-state index is 14.9. The van der Waals surface area contributed by atoms with E-state index in [-0.39, 0.29) is 33.7 Å². The van der Waals surface area contributed by atoms with E-state index < -0.39 is 31.5 Å². The molecule has 0 aliphatic heterocycles. The van der Waals surface area contributed by atoms with Crippen LogP contribution in [0.3, 0.4) is 0 Å². The van der Waals surface area contributed by atoms with Crippen molar-refractivity contribution in [1.29, 1.82) is 0 Å². The molecule has 0 aliphatic rings. The van der Waals surface area contributed by atoms with E-state index in [1.165, 1.54) is 35.2 Å². The van der Waals surface area contributed by atoms with Gasteiger partial charge in [-0.1, -0.05) is 102 Å². The van der Waals surface area contributed by atoms with Crippen molar-refractivity contribution in [3.8, 4) is 5.69 Å². The second kappa shape index (κ2) is 25.2. The van der Waals surface area contributed by atoms with Crippen LogP contribution in [0.2, 0.25) is 5.02 Å². The number of aliphatic imine (C=N–C) groups is 1. The molecule has 5 aromatic rings. The number of aromatic nitrogens is 3. The lowest BCUT2D eigenvalue weighted by Gasteiger charge is -2.24. The molecule has 0 radical (unpaired) electrons. The number of fused-ring (bicyclic) bond motifs is 1. The van der Waals surface area contributed by atoms with Crippen molar-refractivity contribution in [2.24, 2.45) is 4.99 Å². The quantitative estimate of drug-likeness (QED) is 0.0384. The molecule has 0 spiro atoms. The third kappa shape index (κ3) is 14.5. The number of rotatable bonds is 27. The van der Waals surface area contributed by atoms with Crippen LogP contribution in [-0.2, 0) is 24.8 Å². The standard InChI is InChI=1S/C49H65ClN8O6S2/c1-6-9-11-13-15-19-32-57(33-20-16-14-12-10-7-2)66(63,64)40-24-25-42(50)45(36-40)55-48(59)46(53-43-26-23-39(35-37(43)4)56(8-3)34-31-52-65(5,61)62)47-54-44-22-18-17-21-41(44)49(60)58(47)38-27-29-51-30-28-38/h17-18,21-30,35-36,52H,6-16,19-20,31-34H2,1-5H3,(H,55,59). The van der Waals surface area contributed by atoms with Crippen LogP contribution in [0.4, 0.5) is 17.1 Å². The molecule has 66 heavy (non-hydrogen) atoms. The highest BCUT2D eigenvalue weighted by Gasteiger charge is 2.28. The Labute approximate surface area is 396 Å². The van der Waals surface area contributed by atoms with Crippen molar-refractivity contribution in [1.82, 2.24) is 23.6 Å². The highest BCUT2D eigenvalue weighted by atomic mass is 35.5. The fourth-order valence-corrected chi connectivity index (χ4v) is 9.90. The van der Waals surface area contributed by atoms with Gasteiger partial charge >= 0.3 is 0 Å². The van der Waals surface area contributed by atoms with E-state index in [1.807, 2.05) is 30.9 Å². The highest BCUT2D eigenvalue weighted by molar-refractivity contribution is 7.89. The third-order valence-electron chi connectivity index (χ3n) is 11.4. The number of nitrogens with one attached hydrogen (secondary N) is 2. The maximum Gasteiger partial charge on any atom is 0.278 e. The van der Waals surface area contributed by atoms with Gasteiger partial charge in [0.25, 0.3) is 11.5 Å². The number of nitrogens with zero attached hydrogens (tertiary/aromatic N) is 6. The summed E-state index contributed by atoms with van der Waals surface area (Å²) in [4.78, 5) is 45.2. The lowest BCUT2D eigenvalue weighted by Crippen LogP contribution is -2.34. The number of pyridine rings is 1. The first-order chi connectivity index (χ1) is 31.7. The fraction of sp³-hybridized carbons (Fsp3) is 0.449. The number of hydrogen-bond acceptors (Lipinski definition) is 10. The van der Waals surface area contributed by atoms with Crippen LogP contribution in [0, 0.1) is 6.92 Å². The number of hydrogen-bond donors (Lipinski definition) is 2. The van der Waals surface area contributed by atoms with Gasteiger partial charge in [-0.2, -0.15) is 4.31 Å². The largest absolute Gasteiger partial charge is 0.370 e. The molecule has 2 N–H and O–H groups in total. The predicted molar refractivity (Wildman–Crippen MR) is 269 cm³/mol. The molecule has 356 valence electrons. The Morgan fingerprint density at radius 1 is 0.788 bits per heavy atom. The van der Waals surface area contributed by atoms with Gasteiger partial charge in [0.1, 0.15) is 0 Å². The van der Waals surface area contributed by atoms with Crippen LogP contribution in [0.1, 0.15) is 109 Å². The number of sulfonamides is 2. The molecule has 0 bridgehead atoms. The van der Waals surface area contributed by atoms with Crippen LogP contribution in [0.5, 0.6) is 0 Å². The molecule has 2 heterocycles. The lowest BCUT2D eigenvalue weighted by molar-refractivity contribution is -0.110. The van der Waals surface area contributed by atoms with E-state index in [4.69, 9.17) is 21.6 Å². The zero-order valence-electron chi connectivity index (χ0n) is 38.9. The minimum Gasteiger partial charge on any atom is -0.370 e. The second-order valence-corrected chi connectivity index (χ2v) is 20.7. The monoisotopic (exact) mass is 960 g/mol. The molecule has 14 nitrogen and oxygen atoms in total. The van der Waals surface area contributed by atoms with Crippen molar-refractivity contribution in [2.45, 2.75) is 110 Å². The molecule has 0 saturated heterocycles. The Morgan fingerprint density at radius 3 is 2.05 bits per heavy atom. The molecule has 0 saturated carbocycles. The third-order valence-corrected chi connectivity index (χ3v) is 14.3. The fourth-order valence-electron chi connectivity index (χ4n) is 7.72. The summed E-state index contributed by atoms with van der Waals surface area (Å²) in [6.45, 7) is 10.1. The smallest absolute Gasteiger partial charge is 0.278 e. The molecule has 0 unspecified atom stereocenters. The van der Waals surface area contributed by atoms with E-state index in [9.17, 15) is 26.4 Å². The number of benzene rings is 3. The summed E-state index contributed by atoms with van der Waals surface area (Å²) in [5, 5.41) is 3.26. The van der Waals surface area contributed by atoms with E-state index in [0.717, 1.165) is 89.0 Å². The summed E-state index contributed by atoms with van der Waals surface area (Å²) in [5.74, 6) is -0.866. The van der Waals surface area contributed by atoms with Crippen LogP contribution < -0.4 is 20.5 Å². The Hall–Kier alpha value is -5.00. The van der Waals surface area contributed by atoms with E-state index >= 15 is 0 Å². The molecular weight excluding hydrogens is 896 g/mol. The number of carbonyl (C=O) groups is 1. The molecule has 1 amide bonds. The Bertz CT molecular complexity index is 2700. The molecule has 2 aromatic heterocycles. The zero-order valence-corrected chi connectivity index (χ0v) is 41.3. The van der Waals surface area contributed by atoms with Crippen LogP contribution in [0.25, 0.3) is 16.6 Å². The first kappa shape index (κ1) is 52.0. The maximum atomic E-state index is 14.9. The number of unbranched alkanes of at least 4 members (excludes halogenated alkanes) is 10. The minimum atomic E-state index is -4.01. The van der Waals surface area contributed by atoms with E-state index in [2.05, 4.69) is 28.9 Å². The topological polar surface area (TPSA) is 176 Å². The number of likely N-dealkylation sites (N-methyl/N-ethyl adjacent to an activating group) is 1. The van der Waals surface area contributed by atoms with Gasteiger partial charge in [-0.15, -0.1) is 0 Å². The number of carbonyl (C=O) groups excluding carboxylic acids is 1. The van der Waals surface area contributed by atoms with Crippen molar-refractivity contribution in [2.75, 3.05) is 49.2 Å². The Kier molecular flexibility index (Phi) is 19.9. The number of halogens is 1. The van der Waals surface area contributed by atoms with Crippen LogP contribution in [0.15, 0.2) is 99.9 Å². The summed E-state index contributed by atoms with van der Waals surface area (Å²) in [5.41, 5.74) is 1.94. The number of aryl methyl sites for hydroxylation is 1. The molecular formula is C49H65ClN8O6S2. The van der Waals surface area contributed by atoms with Gasteiger partial charge in [0, 0.05) is 50.8 Å². The Morgan fingerprint density at radius 2 is 1.42 bits per heavy atom. The predicted octanol–water partition coefficient (Wildman–Crippen LogP) is 9.59. The molecule has 3 aromatic carbocycles.